The minimum Gasteiger partial charge on any atom is -0.444 e. The molecule has 0 bridgehead atoms. The van der Waals surface area contributed by atoms with Crippen molar-refractivity contribution in [1.29, 1.82) is 0 Å². The first kappa shape index (κ1) is 13.4. The Kier molecular flexibility index (Phi) is 3.39. The van der Waals surface area contributed by atoms with Crippen LogP contribution in [-0.4, -0.2) is 35.5 Å². The van der Waals surface area contributed by atoms with Crippen LogP contribution in [-0.2, 0) is 9.53 Å². The second-order valence-electron chi connectivity index (χ2n) is 6.54. The molecule has 0 aromatic carbocycles. The molecule has 102 valence electrons. The highest BCUT2D eigenvalue weighted by Gasteiger charge is 2.53. The zero-order valence-corrected chi connectivity index (χ0v) is 11.6. The van der Waals surface area contributed by atoms with Crippen molar-refractivity contribution < 1.29 is 14.3 Å². The Morgan fingerprint density at radius 1 is 1.33 bits per heavy atom. The second kappa shape index (κ2) is 4.56. The van der Waals surface area contributed by atoms with E-state index in [1.54, 1.807) is 4.90 Å². The lowest BCUT2D eigenvalue weighted by atomic mass is 9.89. The van der Waals surface area contributed by atoms with E-state index in [1.807, 2.05) is 20.8 Å². The van der Waals surface area contributed by atoms with Crippen LogP contribution in [0.4, 0.5) is 4.79 Å². The van der Waals surface area contributed by atoms with Gasteiger partial charge < -0.3 is 14.4 Å². The fourth-order valence-electron chi connectivity index (χ4n) is 2.74. The maximum Gasteiger partial charge on any atom is 0.410 e. The van der Waals surface area contributed by atoms with E-state index in [2.05, 4.69) is 0 Å². The zero-order chi connectivity index (χ0) is 13.4. The summed E-state index contributed by atoms with van der Waals surface area (Å²) in [6, 6.07) is 0.0543. The van der Waals surface area contributed by atoms with E-state index in [9.17, 15) is 9.59 Å². The Morgan fingerprint density at radius 2 is 2.00 bits per heavy atom. The lowest BCUT2D eigenvalue weighted by molar-refractivity contribution is -0.115. The number of ether oxygens (including phenoxy) is 1. The van der Waals surface area contributed by atoms with Gasteiger partial charge >= 0.3 is 6.09 Å². The summed E-state index contributed by atoms with van der Waals surface area (Å²) in [7, 11) is 0. The molecule has 1 saturated heterocycles. The topological polar surface area (TPSA) is 46.6 Å². The van der Waals surface area contributed by atoms with Crippen molar-refractivity contribution in [3.63, 3.8) is 0 Å². The molecule has 1 saturated carbocycles. The maximum atomic E-state index is 12.2. The summed E-state index contributed by atoms with van der Waals surface area (Å²) < 4.78 is 5.45. The molecule has 0 N–H and O–H groups in total. The van der Waals surface area contributed by atoms with Crippen LogP contribution in [0.15, 0.2) is 0 Å². The molecular formula is C14H23NO3. The van der Waals surface area contributed by atoms with Crippen molar-refractivity contribution in [2.75, 3.05) is 6.54 Å². The van der Waals surface area contributed by atoms with Gasteiger partial charge in [0.05, 0.1) is 0 Å². The number of piperidine rings is 1. The molecule has 0 unspecified atom stereocenters. The SMILES string of the molecule is CC(C)(C)OC(=O)N1CCCC[C@@H]1C1(C=O)CC1. The summed E-state index contributed by atoms with van der Waals surface area (Å²) in [5.41, 5.74) is -0.742. The molecular weight excluding hydrogens is 230 g/mol. The predicted octanol–water partition coefficient (Wildman–Crippen LogP) is 2.76. The fraction of sp³-hybridized carbons (Fsp3) is 0.857. The number of hydrogen-bond donors (Lipinski definition) is 0. The smallest absolute Gasteiger partial charge is 0.410 e. The molecule has 1 aliphatic heterocycles. The lowest BCUT2D eigenvalue weighted by Gasteiger charge is -2.39. The van der Waals surface area contributed by atoms with E-state index in [1.165, 1.54) is 0 Å². The summed E-state index contributed by atoms with van der Waals surface area (Å²) in [4.78, 5) is 25.3. The predicted molar refractivity (Wildman–Crippen MR) is 68.3 cm³/mol. The number of amides is 1. The number of carbonyl (C=O) groups excluding carboxylic acids is 2. The van der Waals surface area contributed by atoms with Crippen molar-refractivity contribution in [1.82, 2.24) is 4.90 Å². The Morgan fingerprint density at radius 3 is 2.50 bits per heavy atom. The summed E-state index contributed by atoms with van der Waals surface area (Å²) in [5.74, 6) is 0. The van der Waals surface area contributed by atoms with E-state index in [-0.39, 0.29) is 17.6 Å². The number of likely N-dealkylation sites (tertiary alicyclic amines) is 1. The largest absolute Gasteiger partial charge is 0.444 e. The van der Waals surface area contributed by atoms with Gasteiger partial charge in [-0.3, -0.25) is 0 Å². The normalized spacial score (nSPS) is 26.6. The monoisotopic (exact) mass is 253 g/mol. The van der Waals surface area contributed by atoms with Crippen LogP contribution in [0.3, 0.4) is 0 Å². The third-order valence-electron chi connectivity index (χ3n) is 3.86. The quantitative estimate of drug-likeness (QED) is 0.711. The molecule has 0 radical (unpaired) electrons. The van der Waals surface area contributed by atoms with Gasteiger partial charge in [-0.1, -0.05) is 0 Å². The van der Waals surface area contributed by atoms with Crippen molar-refractivity contribution >= 4 is 12.4 Å². The number of aldehydes is 1. The van der Waals surface area contributed by atoms with Gasteiger partial charge in [-0.05, 0) is 52.9 Å². The van der Waals surface area contributed by atoms with Crippen molar-refractivity contribution in [2.24, 2.45) is 5.41 Å². The third-order valence-corrected chi connectivity index (χ3v) is 3.86. The second-order valence-corrected chi connectivity index (χ2v) is 6.54. The van der Waals surface area contributed by atoms with Crippen LogP contribution in [0.25, 0.3) is 0 Å². The van der Waals surface area contributed by atoms with Crippen molar-refractivity contribution in [2.45, 2.75) is 64.5 Å². The van der Waals surface area contributed by atoms with Crippen LogP contribution in [0.1, 0.15) is 52.9 Å². The van der Waals surface area contributed by atoms with Gasteiger partial charge in [0.15, 0.2) is 0 Å². The number of nitrogens with zero attached hydrogens (tertiary/aromatic N) is 1. The summed E-state index contributed by atoms with van der Waals surface area (Å²) >= 11 is 0. The first-order valence-corrected chi connectivity index (χ1v) is 6.84. The van der Waals surface area contributed by atoms with Crippen LogP contribution in [0.5, 0.6) is 0 Å². The average molecular weight is 253 g/mol. The molecule has 2 aliphatic rings. The highest BCUT2D eigenvalue weighted by atomic mass is 16.6. The van der Waals surface area contributed by atoms with E-state index in [0.29, 0.717) is 0 Å². The highest BCUT2D eigenvalue weighted by molar-refractivity contribution is 5.72. The minimum absolute atomic E-state index is 0.0543. The van der Waals surface area contributed by atoms with Crippen molar-refractivity contribution in [3.8, 4) is 0 Å². The Bertz CT molecular complexity index is 341. The molecule has 18 heavy (non-hydrogen) atoms. The van der Waals surface area contributed by atoms with Gasteiger partial charge in [-0.15, -0.1) is 0 Å². The van der Waals surface area contributed by atoms with E-state index < -0.39 is 5.60 Å². The van der Waals surface area contributed by atoms with Crippen molar-refractivity contribution in [3.05, 3.63) is 0 Å². The molecule has 0 spiro atoms. The Labute approximate surface area is 109 Å². The third kappa shape index (κ3) is 2.68. The molecule has 4 nitrogen and oxygen atoms in total. The molecule has 2 fully saturated rings. The van der Waals surface area contributed by atoms with E-state index in [0.717, 1.165) is 44.9 Å². The van der Waals surface area contributed by atoms with E-state index in [4.69, 9.17) is 4.74 Å². The molecule has 1 aliphatic carbocycles. The van der Waals surface area contributed by atoms with Gasteiger partial charge in [-0.2, -0.15) is 0 Å². The summed E-state index contributed by atoms with van der Waals surface area (Å²) in [6.07, 6.45) is 5.66. The lowest BCUT2D eigenvalue weighted by Crippen LogP contribution is -2.50. The summed E-state index contributed by atoms with van der Waals surface area (Å²) in [6.45, 7) is 6.33. The molecule has 1 amide bonds. The van der Waals surface area contributed by atoms with Gasteiger partial charge in [0.2, 0.25) is 0 Å². The molecule has 0 aromatic rings. The first-order valence-electron chi connectivity index (χ1n) is 6.84. The Hall–Kier alpha value is -1.06. The molecule has 1 heterocycles. The van der Waals surface area contributed by atoms with Crippen LogP contribution >= 0.6 is 0 Å². The number of rotatable bonds is 2. The van der Waals surface area contributed by atoms with Crippen LogP contribution in [0.2, 0.25) is 0 Å². The molecule has 2 rings (SSSR count). The number of hydrogen-bond acceptors (Lipinski definition) is 3. The highest BCUT2D eigenvalue weighted by Crippen LogP contribution is 2.51. The average Bonchev–Trinajstić information content (AvgIpc) is 3.07. The standard InChI is InChI=1S/C14H23NO3/c1-13(2,3)18-12(17)15-9-5-4-6-11(15)14(10-16)7-8-14/h10-11H,4-9H2,1-3H3/t11-/m1/s1. The molecule has 1 atom stereocenters. The van der Waals surface area contributed by atoms with Gasteiger partial charge in [0.25, 0.3) is 0 Å². The first-order chi connectivity index (χ1) is 8.38. The zero-order valence-electron chi connectivity index (χ0n) is 11.6. The van der Waals surface area contributed by atoms with Gasteiger partial charge in [-0.25, -0.2) is 4.79 Å². The van der Waals surface area contributed by atoms with Gasteiger partial charge in [0, 0.05) is 18.0 Å². The summed E-state index contributed by atoms with van der Waals surface area (Å²) in [5, 5.41) is 0. The number of carbonyl (C=O) groups is 2. The minimum atomic E-state index is -0.475. The van der Waals surface area contributed by atoms with Gasteiger partial charge in [0.1, 0.15) is 11.9 Å². The van der Waals surface area contributed by atoms with Crippen LogP contribution < -0.4 is 0 Å². The Balaban J connectivity index is 2.08. The fourth-order valence-corrected chi connectivity index (χ4v) is 2.74. The van der Waals surface area contributed by atoms with E-state index >= 15 is 0 Å². The molecule has 0 aromatic heterocycles. The van der Waals surface area contributed by atoms with Crippen LogP contribution in [0, 0.1) is 5.41 Å². The maximum absolute atomic E-state index is 12.2. The molecule has 4 heteroatoms.